The summed E-state index contributed by atoms with van der Waals surface area (Å²) in [6, 6.07) is 0.665. The number of aromatic hydroxyl groups is 1. The normalized spacial score (nSPS) is 11.6. The fraction of sp³-hybridized carbons (Fsp3) is 0.333. The molecule has 1 aromatic rings. The predicted molar refractivity (Wildman–Crippen MR) is 36.2 cm³/mol. The van der Waals surface area contributed by atoms with Crippen LogP contribution < -0.4 is 5.56 Å². The third kappa shape index (κ3) is 2.77. The van der Waals surface area contributed by atoms with Crippen molar-refractivity contribution in [3.8, 4) is 5.75 Å². The molecule has 0 aliphatic carbocycles. The van der Waals surface area contributed by atoms with Crippen molar-refractivity contribution in [3.05, 3.63) is 22.6 Å². The van der Waals surface area contributed by atoms with Gasteiger partial charge in [0.2, 0.25) is 0 Å². The Hall–Kier alpha value is -1.53. The van der Waals surface area contributed by atoms with Crippen LogP contribution in [0.5, 0.6) is 5.75 Å². The van der Waals surface area contributed by atoms with Gasteiger partial charge in [0.05, 0.1) is 6.20 Å². The second-order valence-electron chi connectivity index (χ2n) is 2.32. The van der Waals surface area contributed by atoms with E-state index in [2.05, 4.69) is 5.10 Å². The number of hydrogen-bond acceptors (Lipinski definition) is 3. The highest BCUT2D eigenvalue weighted by Crippen LogP contribution is 2.15. The van der Waals surface area contributed by atoms with E-state index in [0.29, 0.717) is 6.07 Å². The lowest BCUT2D eigenvalue weighted by atomic mass is 10.5. The fourth-order valence-electron chi connectivity index (χ4n) is 0.713. The molecule has 72 valence electrons. The Bertz CT molecular complexity index is 358. The van der Waals surface area contributed by atoms with Gasteiger partial charge in [-0.05, 0) is 0 Å². The molecule has 0 saturated heterocycles. The Labute approximate surface area is 70.2 Å². The standard InChI is InChI=1S/C6H5F3N2O2/c7-6(8,9)3-11-5(13)1-4(12)2-10-11/h1-2,12H,3H2. The van der Waals surface area contributed by atoms with Gasteiger partial charge < -0.3 is 5.11 Å². The first-order valence-electron chi connectivity index (χ1n) is 3.21. The van der Waals surface area contributed by atoms with Crippen LogP contribution in [0.15, 0.2) is 17.1 Å². The maximum atomic E-state index is 11.8. The Balaban J connectivity index is 2.98. The topological polar surface area (TPSA) is 55.1 Å². The van der Waals surface area contributed by atoms with E-state index in [-0.39, 0.29) is 4.68 Å². The molecule has 0 bridgehead atoms. The van der Waals surface area contributed by atoms with Crippen molar-refractivity contribution in [2.24, 2.45) is 0 Å². The molecule has 0 amide bonds. The predicted octanol–water partition coefficient (Wildman–Crippen LogP) is 0.511. The minimum atomic E-state index is -4.49. The SMILES string of the molecule is O=c1cc(O)cnn1CC(F)(F)F. The van der Waals surface area contributed by atoms with Gasteiger partial charge in [0.15, 0.2) is 0 Å². The quantitative estimate of drug-likeness (QED) is 0.708. The average molecular weight is 194 g/mol. The summed E-state index contributed by atoms with van der Waals surface area (Å²) in [6.45, 7) is -1.45. The van der Waals surface area contributed by atoms with Crippen LogP contribution in [0.2, 0.25) is 0 Å². The van der Waals surface area contributed by atoms with Crippen LogP contribution in [0, 0.1) is 0 Å². The highest BCUT2D eigenvalue weighted by molar-refractivity contribution is 5.10. The number of alkyl halides is 3. The summed E-state index contributed by atoms with van der Waals surface area (Å²) >= 11 is 0. The number of aromatic nitrogens is 2. The van der Waals surface area contributed by atoms with Gasteiger partial charge in [0.25, 0.3) is 5.56 Å². The van der Waals surface area contributed by atoms with Crippen LogP contribution in [0.4, 0.5) is 13.2 Å². The third-order valence-corrected chi connectivity index (χ3v) is 1.18. The van der Waals surface area contributed by atoms with Crippen molar-refractivity contribution >= 4 is 0 Å². The Morgan fingerprint density at radius 3 is 2.62 bits per heavy atom. The van der Waals surface area contributed by atoms with Gasteiger partial charge in [-0.25, -0.2) is 4.68 Å². The van der Waals surface area contributed by atoms with Crippen LogP contribution in [0.3, 0.4) is 0 Å². The number of nitrogens with zero attached hydrogens (tertiary/aromatic N) is 2. The lowest BCUT2D eigenvalue weighted by Crippen LogP contribution is -2.29. The van der Waals surface area contributed by atoms with Gasteiger partial charge in [-0.3, -0.25) is 4.79 Å². The van der Waals surface area contributed by atoms with Gasteiger partial charge >= 0.3 is 6.18 Å². The smallest absolute Gasteiger partial charge is 0.408 e. The molecule has 1 rings (SSSR count). The van der Waals surface area contributed by atoms with E-state index in [1.165, 1.54) is 0 Å². The van der Waals surface area contributed by atoms with E-state index in [4.69, 9.17) is 5.11 Å². The molecule has 0 aliphatic heterocycles. The minimum Gasteiger partial charge on any atom is -0.506 e. The van der Waals surface area contributed by atoms with Gasteiger partial charge in [-0.2, -0.15) is 18.3 Å². The summed E-state index contributed by atoms with van der Waals surface area (Å²) in [5, 5.41) is 11.8. The van der Waals surface area contributed by atoms with Gasteiger partial charge in [-0.1, -0.05) is 0 Å². The monoisotopic (exact) mass is 194 g/mol. The fourth-order valence-corrected chi connectivity index (χ4v) is 0.713. The van der Waals surface area contributed by atoms with E-state index >= 15 is 0 Å². The van der Waals surface area contributed by atoms with Crippen molar-refractivity contribution < 1.29 is 18.3 Å². The molecular weight excluding hydrogens is 189 g/mol. The summed E-state index contributed by atoms with van der Waals surface area (Å²) in [5.41, 5.74) is -0.989. The van der Waals surface area contributed by atoms with Gasteiger partial charge in [0, 0.05) is 6.07 Å². The highest BCUT2D eigenvalue weighted by Gasteiger charge is 2.28. The molecule has 0 unspecified atom stereocenters. The molecule has 0 spiro atoms. The molecule has 0 aromatic carbocycles. The minimum absolute atomic E-state index is 0.222. The summed E-state index contributed by atoms with van der Waals surface area (Å²) < 4.78 is 35.5. The third-order valence-electron chi connectivity index (χ3n) is 1.18. The van der Waals surface area contributed by atoms with Gasteiger partial charge in [0.1, 0.15) is 12.3 Å². The van der Waals surface area contributed by atoms with E-state index in [9.17, 15) is 18.0 Å². The first kappa shape index (κ1) is 9.56. The molecular formula is C6H5F3N2O2. The lowest BCUT2D eigenvalue weighted by molar-refractivity contribution is -0.143. The maximum absolute atomic E-state index is 11.8. The highest BCUT2D eigenvalue weighted by atomic mass is 19.4. The van der Waals surface area contributed by atoms with Crippen LogP contribution in [-0.2, 0) is 6.54 Å². The zero-order chi connectivity index (χ0) is 10.1. The second kappa shape index (κ2) is 3.08. The molecule has 13 heavy (non-hydrogen) atoms. The first-order valence-corrected chi connectivity index (χ1v) is 3.21. The van der Waals surface area contributed by atoms with Crippen molar-refractivity contribution in [1.29, 1.82) is 0 Å². The van der Waals surface area contributed by atoms with Crippen molar-refractivity contribution in [3.63, 3.8) is 0 Å². The molecule has 1 N–H and O–H groups in total. The van der Waals surface area contributed by atoms with E-state index in [1.807, 2.05) is 0 Å². The second-order valence-corrected chi connectivity index (χ2v) is 2.32. The molecule has 1 heterocycles. The summed E-state index contributed by atoms with van der Waals surface area (Å²) in [4.78, 5) is 10.8. The van der Waals surface area contributed by atoms with Crippen LogP contribution in [0.1, 0.15) is 0 Å². The summed E-state index contributed by atoms with van der Waals surface area (Å²) in [7, 11) is 0. The Morgan fingerprint density at radius 2 is 2.15 bits per heavy atom. The van der Waals surface area contributed by atoms with Crippen molar-refractivity contribution in [2.75, 3.05) is 0 Å². The Kier molecular flexibility index (Phi) is 2.26. The van der Waals surface area contributed by atoms with Crippen LogP contribution in [0.25, 0.3) is 0 Å². The number of hydrogen-bond donors (Lipinski definition) is 1. The maximum Gasteiger partial charge on any atom is 0.408 e. The molecule has 7 heteroatoms. The Morgan fingerprint density at radius 1 is 1.54 bits per heavy atom. The molecule has 1 aromatic heterocycles. The van der Waals surface area contributed by atoms with Crippen LogP contribution in [-0.4, -0.2) is 21.1 Å². The largest absolute Gasteiger partial charge is 0.506 e. The van der Waals surface area contributed by atoms with E-state index < -0.39 is 24.0 Å². The van der Waals surface area contributed by atoms with E-state index in [1.54, 1.807) is 0 Å². The first-order chi connectivity index (χ1) is 5.88. The summed E-state index contributed by atoms with van der Waals surface area (Å²) in [6.07, 6.45) is -3.72. The lowest BCUT2D eigenvalue weighted by Gasteiger charge is -2.06. The number of rotatable bonds is 1. The molecule has 4 nitrogen and oxygen atoms in total. The molecule has 0 saturated carbocycles. The number of halogens is 3. The average Bonchev–Trinajstić information content (AvgIpc) is 1.93. The zero-order valence-corrected chi connectivity index (χ0v) is 6.25. The van der Waals surface area contributed by atoms with Crippen molar-refractivity contribution in [2.45, 2.75) is 12.7 Å². The van der Waals surface area contributed by atoms with E-state index in [0.717, 1.165) is 6.20 Å². The van der Waals surface area contributed by atoms with Gasteiger partial charge in [-0.15, -0.1) is 0 Å². The molecule has 0 radical (unpaired) electrons. The molecule has 0 atom stereocenters. The zero-order valence-electron chi connectivity index (χ0n) is 6.25. The molecule has 0 fully saturated rings. The molecule has 0 aliphatic rings. The summed E-state index contributed by atoms with van der Waals surface area (Å²) in [5.74, 6) is -0.455. The van der Waals surface area contributed by atoms with Crippen molar-refractivity contribution in [1.82, 2.24) is 9.78 Å². The van der Waals surface area contributed by atoms with Crippen LogP contribution >= 0.6 is 0 Å².